The highest BCUT2D eigenvalue weighted by Gasteiger charge is 2.48. The van der Waals surface area contributed by atoms with Crippen LogP contribution in [0.15, 0.2) is 24.3 Å². The lowest BCUT2D eigenvalue weighted by atomic mass is 9.82. The fourth-order valence-corrected chi connectivity index (χ4v) is 5.58. The van der Waals surface area contributed by atoms with Gasteiger partial charge in [0.1, 0.15) is 0 Å². The zero-order chi connectivity index (χ0) is 24.8. The zero-order valence-corrected chi connectivity index (χ0v) is 20.8. The Labute approximate surface area is 203 Å². The molecule has 8 heteroatoms. The van der Waals surface area contributed by atoms with E-state index < -0.39 is 18.3 Å². The van der Waals surface area contributed by atoms with Gasteiger partial charge in [-0.1, -0.05) is 20.1 Å². The molecule has 194 valence electrons. The van der Waals surface area contributed by atoms with Gasteiger partial charge in [0, 0.05) is 25.9 Å². The monoisotopic (exact) mass is 482 g/mol. The number of aliphatic hydroxyl groups excluding tert-OH is 2. The molecule has 0 aromatic rings. The zero-order valence-electron chi connectivity index (χ0n) is 20.8. The first-order valence-electron chi connectivity index (χ1n) is 12.4. The molecule has 3 aliphatic rings. The van der Waals surface area contributed by atoms with Crippen molar-refractivity contribution in [3.63, 3.8) is 0 Å². The van der Waals surface area contributed by atoms with Gasteiger partial charge in [0.2, 0.25) is 0 Å². The number of hydrogen-bond donors (Lipinski definition) is 2. The van der Waals surface area contributed by atoms with Crippen molar-refractivity contribution in [1.82, 2.24) is 0 Å². The molecule has 0 spiro atoms. The minimum absolute atomic E-state index is 0.0909. The fraction of sp³-hybridized carbons (Fsp3) is 0.808. The molecule has 0 aliphatic carbocycles. The molecule has 0 amide bonds. The van der Waals surface area contributed by atoms with E-state index in [1.165, 1.54) is 7.11 Å². The van der Waals surface area contributed by atoms with Gasteiger partial charge in [0.25, 0.3) is 0 Å². The van der Waals surface area contributed by atoms with E-state index in [0.29, 0.717) is 12.3 Å². The Balaban J connectivity index is 1.68. The number of methoxy groups -OCH3 is 2. The van der Waals surface area contributed by atoms with E-state index in [1.807, 2.05) is 0 Å². The highest BCUT2D eigenvalue weighted by Crippen LogP contribution is 2.40. The van der Waals surface area contributed by atoms with Gasteiger partial charge >= 0.3 is 5.97 Å². The predicted octanol–water partition coefficient (Wildman–Crippen LogP) is 2.56. The van der Waals surface area contributed by atoms with Gasteiger partial charge in [-0.05, 0) is 42.7 Å². The van der Waals surface area contributed by atoms with Gasteiger partial charge in [-0.25, -0.2) is 0 Å². The van der Waals surface area contributed by atoms with Crippen molar-refractivity contribution in [3.05, 3.63) is 24.3 Å². The largest absolute Gasteiger partial charge is 0.469 e. The van der Waals surface area contributed by atoms with E-state index in [0.717, 1.165) is 43.4 Å². The molecule has 3 saturated heterocycles. The Morgan fingerprint density at radius 3 is 2.56 bits per heavy atom. The highest BCUT2D eigenvalue weighted by atomic mass is 16.6. The molecule has 34 heavy (non-hydrogen) atoms. The fourth-order valence-electron chi connectivity index (χ4n) is 5.58. The predicted molar refractivity (Wildman–Crippen MR) is 126 cm³/mol. The molecule has 3 fully saturated rings. The quantitative estimate of drug-likeness (QED) is 0.342. The lowest BCUT2D eigenvalue weighted by Crippen LogP contribution is -2.39. The maximum atomic E-state index is 12.2. The summed E-state index contributed by atoms with van der Waals surface area (Å²) in [6.45, 7) is 11.0. The molecule has 0 aromatic heterocycles. The van der Waals surface area contributed by atoms with E-state index in [9.17, 15) is 15.0 Å². The molecule has 2 N–H and O–H groups in total. The summed E-state index contributed by atoms with van der Waals surface area (Å²) >= 11 is 0. The van der Waals surface area contributed by atoms with E-state index in [-0.39, 0.29) is 55.8 Å². The first-order valence-corrected chi connectivity index (χ1v) is 12.4. The van der Waals surface area contributed by atoms with Crippen molar-refractivity contribution in [2.45, 2.75) is 94.6 Å². The molecule has 8 nitrogen and oxygen atoms in total. The topological polar surface area (TPSA) is 104 Å². The van der Waals surface area contributed by atoms with Crippen molar-refractivity contribution in [2.75, 3.05) is 27.4 Å². The lowest BCUT2D eigenvalue weighted by Gasteiger charge is -2.38. The molecule has 0 unspecified atom stereocenters. The molecular formula is C26H42O8. The van der Waals surface area contributed by atoms with Crippen molar-refractivity contribution >= 4 is 5.97 Å². The van der Waals surface area contributed by atoms with Crippen molar-refractivity contribution in [3.8, 4) is 0 Å². The average molecular weight is 483 g/mol. The number of carbonyl (C=O) groups excluding carboxylic acids is 1. The smallest absolute Gasteiger partial charge is 0.305 e. The standard InChI is InChI=1S/C26H42O8/c1-15-8-9-32-21(15)7-6-19-10-16(2)17(3)22(33-19)13-23-20(12-25(29)30-4)26(31-5)24(34-23)11-18(28)14-27/h16,18-24,26-28H,1,3,6-14H2,2,4-5H3/t16-,18+,19+,20+,21+,22-,23+,24-,26-/m1/s1. The van der Waals surface area contributed by atoms with Crippen LogP contribution < -0.4 is 0 Å². The second-order valence-electron chi connectivity index (χ2n) is 9.97. The summed E-state index contributed by atoms with van der Waals surface area (Å²) < 4.78 is 29.2. The number of ether oxygens (including phenoxy) is 5. The molecule has 0 bridgehead atoms. The van der Waals surface area contributed by atoms with E-state index in [4.69, 9.17) is 23.7 Å². The van der Waals surface area contributed by atoms with Gasteiger partial charge in [0.15, 0.2) is 0 Å². The molecule has 3 heterocycles. The van der Waals surface area contributed by atoms with Crippen LogP contribution in [0.3, 0.4) is 0 Å². The van der Waals surface area contributed by atoms with Gasteiger partial charge in [-0.15, -0.1) is 0 Å². The third-order valence-corrected chi connectivity index (χ3v) is 7.65. The Bertz CT molecular complexity index is 709. The molecular weight excluding hydrogens is 440 g/mol. The van der Waals surface area contributed by atoms with Crippen LogP contribution in [0, 0.1) is 11.8 Å². The summed E-state index contributed by atoms with van der Waals surface area (Å²) in [5.74, 6) is -0.284. The van der Waals surface area contributed by atoms with Crippen LogP contribution in [0.1, 0.15) is 51.9 Å². The summed E-state index contributed by atoms with van der Waals surface area (Å²) in [7, 11) is 2.94. The van der Waals surface area contributed by atoms with Crippen molar-refractivity contribution in [2.24, 2.45) is 11.8 Å². The van der Waals surface area contributed by atoms with Crippen LogP contribution >= 0.6 is 0 Å². The first kappa shape index (κ1) is 27.3. The Kier molecular flexibility index (Phi) is 10.1. The van der Waals surface area contributed by atoms with Crippen LogP contribution in [-0.2, 0) is 28.5 Å². The third kappa shape index (κ3) is 6.68. The minimum Gasteiger partial charge on any atom is -0.469 e. The van der Waals surface area contributed by atoms with Gasteiger partial charge in [0.05, 0.1) is 69.5 Å². The SMILES string of the molecule is C=C1CCO[C@H]1CC[C@H]1C[C@@H](C)C(=C)[C@@H](C[C@@H]2O[C@H](C[C@H](O)CO)[C@H](OC)[C@H]2CC(=O)OC)O1. The van der Waals surface area contributed by atoms with E-state index >= 15 is 0 Å². The summed E-state index contributed by atoms with van der Waals surface area (Å²) in [5.41, 5.74) is 2.20. The van der Waals surface area contributed by atoms with Crippen LogP contribution in [0.25, 0.3) is 0 Å². The second-order valence-corrected chi connectivity index (χ2v) is 9.97. The minimum atomic E-state index is -0.918. The Morgan fingerprint density at radius 2 is 1.94 bits per heavy atom. The molecule has 3 rings (SSSR count). The van der Waals surface area contributed by atoms with Crippen molar-refractivity contribution in [1.29, 1.82) is 0 Å². The molecule has 0 radical (unpaired) electrons. The van der Waals surface area contributed by atoms with Crippen LogP contribution in [0.2, 0.25) is 0 Å². The molecule has 0 saturated carbocycles. The number of esters is 1. The van der Waals surface area contributed by atoms with Crippen LogP contribution in [-0.4, -0.2) is 86.3 Å². The third-order valence-electron chi connectivity index (χ3n) is 7.65. The van der Waals surface area contributed by atoms with Crippen molar-refractivity contribution < 1.29 is 38.7 Å². The second kappa shape index (κ2) is 12.6. The van der Waals surface area contributed by atoms with Gasteiger partial charge < -0.3 is 33.9 Å². The normalized spacial score (nSPS) is 37.2. The highest BCUT2D eigenvalue weighted by molar-refractivity contribution is 5.69. The summed E-state index contributed by atoms with van der Waals surface area (Å²) in [6.07, 6.45) is 2.45. The number of carbonyl (C=O) groups is 1. The Hall–Kier alpha value is -1.29. The summed E-state index contributed by atoms with van der Waals surface area (Å²) in [6, 6.07) is 0. The van der Waals surface area contributed by atoms with Crippen LogP contribution in [0.4, 0.5) is 0 Å². The first-order chi connectivity index (χ1) is 16.3. The number of aliphatic hydroxyl groups is 2. The molecule has 3 aliphatic heterocycles. The Morgan fingerprint density at radius 1 is 1.18 bits per heavy atom. The maximum Gasteiger partial charge on any atom is 0.305 e. The molecule has 0 aromatic carbocycles. The van der Waals surface area contributed by atoms with Crippen LogP contribution in [0.5, 0.6) is 0 Å². The molecule has 9 atom stereocenters. The van der Waals surface area contributed by atoms with Gasteiger partial charge in [-0.3, -0.25) is 4.79 Å². The maximum absolute atomic E-state index is 12.2. The summed E-state index contributed by atoms with van der Waals surface area (Å²) in [5, 5.41) is 19.3. The summed E-state index contributed by atoms with van der Waals surface area (Å²) in [4.78, 5) is 12.2. The van der Waals surface area contributed by atoms with E-state index in [1.54, 1.807) is 7.11 Å². The number of rotatable bonds is 11. The number of hydrogen-bond acceptors (Lipinski definition) is 8. The lowest BCUT2D eigenvalue weighted by molar-refractivity contribution is -0.143. The van der Waals surface area contributed by atoms with E-state index in [2.05, 4.69) is 20.1 Å². The average Bonchev–Trinajstić information content (AvgIpc) is 3.37. The van der Waals surface area contributed by atoms with Gasteiger partial charge in [-0.2, -0.15) is 0 Å².